The molecular weight excluding hydrogens is 360 g/mol. The van der Waals surface area contributed by atoms with Crippen molar-refractivity contribution in [1.29, 1.82) is 0 Å². The lowest BCUT2D eigenvalue weighted by molar-refractivity contribution is 0.102. The number of rotatable bonds is 6. The lowest BCUT2D eigenvalue weighted by Crippen LogP contribution is -2.36. The fourth-order valence-corrected chi connectivity index (χ4v) is 3.98. The van der Waals surface area contributed by atoms with E-state index in [-0.39, 0.29) is 5.91 Å². The minimum Gasteiger partial charge on any atom is -0.337 e. The van der Waals surface area contributed by atoms with Crippen molar-refractivity contribution >= 4 is 22.4 Å². The van der Waals surface area contributed by atoms with Gasteiger partial charge < -0.3 is 9.88 Å². The molecule has 3 heterocycles. The first kappa shape index (κ1) is 17.8. The van der Waals surface area contributed by atoms with Gasteiger partial charge in [-0.15, -0.1) is 5.10 Å². The zero-order valence-electron chi connectivity index (χ0n) is 15.0. The molecule has 1 amide bonds. The summed E-state index contributed by atoms with van der Waals surface area (Å²) in [5.41, 5.74) is 1.87. The van der Waals surface area contributed by atoms with E-state index >= 15 is 0 Å². The van der Waals surface area contributed by atoms with Crippen LogP contribution in [0.3, 0.4) is 0 Å². The van der Waals surface area contributed by atoms with E-state index in [1.54, 1.807) is 6.20 Å². The largest absolute Gasteiger partial charge is 0.337 e. The van der Waals surface area contributed by atoms with Gasteiger partial charge in [0.2, 0.25) is 0 Å². The Labute approximate surface area is 162 Å². The maximum atomic E-state index is 12.2. The van der Waals surface area contributed by atoms with Gasteiger partial charge in [0, 0.05) is 49.1 Å². The van der Waals surface area contributed by atoms with Gasteiger partial charge in [0.05, 0.1) is 12.5 Å². The van der Waals surface area contributed by atoms with Crippen LogP contribution in [0.5, 0.6) is 0 Å². The van der Waals surface area contributed by atoms with Gasteiger partial charge in [0.25, 0.3) is 5.91 Å². The van der Waals surface area contributed by atoms with Crippen LogP contribution in [-0.4, -0.2) is 43.0 Å². The second-order valence-electron chi connectivity index (χ2n) is 6.94. The Kier molecular flexibility index (Phi) is 5.55. The van der Waals surface area contributed by atoms with Crippen molar-refractivity contribution in [3.8, 4) is 0 Å². The second-order valence-corrected chi connectivity index (χ2v) is 7.72. The van der Waals surface area contributed by atoms with E-state index in [4.69, 9.17) is 0 Å². The number of nitrogens with zero attached hydrogens (tertiary/aromatic N) is 5. The monoisotopic (exact) mass is 382 g/mol. The number of likely N-dealkylation sites (tertiary alicyclic amines) is 1. The predicted molar refractivity (Wildman–Crippen MR) is 105 cm³/mol. The Balaban J connectivity index is 1.31. The topological polar surface area (TPSA) is 75.9 Å². The summed E-state index contributed by atoms with van der Waals surface area (Å²) < 4.78 is 5.91. The normalized spacial score (nSPS) is 17.7. The van der Waals surface area contributed by atoms with E-state index in [9.17, 15) is 4.79 Å². The summed E-state index contributed by atoms with van der Waals surface area (Å²) in [6.07, 6.45) is 9.80. The maximum Gasteiger partial charge on any atom is 0.256 e. The highest BCUT2D eigenvalue weighted by atomic mass is 32.1. The Morgan fingerprint density at radius 3 is 2.93 bits per heavy atom. The molecule has 0 saturated carbocycles. The molecule has 0 aliphatic carbocycles. The number of hydrogen-bond acceptors (Lipinski definition) is 6. The number of imidazole rings is 1. The lowest BCUT2D eigenvalue weighted by Gasteiger charge is -2.33. The number of carbonyl (C=O) groups is 1. The summed E-state index contributed by atoms with van der Waals surface area (Å²) in [5, 5.41) is 7.18. The van der Waals surface area contributed by atoms with E-state index in [2.05, 4.69) is 29.4 Å². The maximum absolute atomic E-state index is 12.2. The van der Waals surface area contributed by atoms with Gasteiger partial charge in [0.1, 0.15) is 5.00 Å². The third-order valence-corrected chi connectivity index (χ3v) is 5.43. The number of piperidine rings is 1. The first-order chi connectivity index (χ1) is 13.3. The van der Waals surface area contributed by atoms with E-state index in [0.29, 0.717) is 16.5 Å². The molecule has 4 rings (SSSR count). The third-order valence-electron chi connectivity index (χ3n) is 4.85. The number of nitrogens with one attached hydrogen (secondary N) is 1. The van der Waals surface area contributed by atoms with E-state index in [0.717, 1.165) is 26.2 Å². The molecule has 27 heavy (non-hydrogen) atoms. The summed E-state index contributed by atoms with van der Waals surface area (Å²) >= 11 is 1.17. The van der Waals surface area contributed by atoms with Gasteiger partial charge >= 0.3 is 0 Å². The number of anilines is 1. The summed E-state index contributed by atoms with van der Waals surface area (Å²) in [6.45, 7) is 4.17. The zero-order valence-corrected chi connectivity index (χ0v) is 15.8. The van der Waals surface area contributed by atoms with Crippen molar-refractivity contribution in [2.45, 2.75) is 25.9 Å². The van der Waals surface area contributed by atoms with Crippen molar-refractivity contribution in [3.63, 3.8) is 0 Å². The molecule has 7 nitrogen and oxygen atoms in total. The molecule has 1 aliphatic rings. The highest BCUT2D eigenvalue weighted by Crippen LogP contribution is 2.20. The molecule has 1 aliphatic heterocycles. The van der Waals surface area contributed by atoms with E-state index in [1.165, 1.54) is 29.9 Å². The quantitative estimate of drug-likeness (QED) is 0.709. The number of aromatic nitrogens is 4. The van der Waals surface area contributed by atoms with Gasteiger partial charge in [-0.2, -0.15) is 0 Å². The SMILES string of the molecule is O=C(Nc1cnns1)c1ccc(CN2CCC[C@@H](Cn3ccnc3)C2)cc1. The Bertz CT molecular complexity index is 847. The fourth-order valence-electron chi connectivity index (χ4n) is 3.56. The van der Waals surface area contributed by atoms with Gasteiger partial charge in [0.15, 0.2) is 0 Å². The number of benzene rings is 1. The van der Waals surface area contributed by atoms with Gasteiger partial charge in [-0.3, -0.25) is 9.69 Å². The van der Waals surface area contributed by atoms with Crippen LogP contribution < -0.4 is 5.32 Å². The molecule has 8 heteroatoms. The van der Waals surface area contributed by atoms with Crippen LogP contribution in [-0.2, 0) is 13.1 Å². The summed E-state index contributed by atoms with van der Waals surface area (Å²) in [5.74, 6) is 0.525. The molecule has 0 radical (unpaired) electrons. The molecule has 1 atom stereocenters. The molecule has 1 fully saturated rings. The Hall–Kier alpha value is -2.58. The summed E-state index contributed by atoms with van der Waals surface area (Å²) in [7, 11) is 0. The van der Waals surface area contributed by atoms with Crippen LogP contribution in [0, 0.1) is 5.92 Å². The van der Waals surface area contributed by atoms with Crippen LogP contribution in [0.25, 0.3) is 0 Å². The molecule has 3 aromatic rings. The second kappa shape index (κ2) is 8.41. The minimum absolute atomic E-state index is 0.133. The molecular formula is C19H22N6OS. The predicted octanol–water partition coefficient (Wildman–Crippen LogP) is 2.90. The summed E-state index contributed by atoms with van der Waals surface area (Å²) in [4.78, 5) is 18.9. The van der Waals surface area contributed by atoms with Gasteiger partial charge in [-0.1, -0.05) is 16.6 Å². The molecule has 2 aromatic heterocycles. The van der Waals surface area contributed by atoms with Crippen LogP contribution >= 0.6 is 11.5 Å². The Morgan fingerprint density at radius 2 is 2.19 bits per heavy atom. The molecule has 0 unspecified atom stereocenters. The Morgan fingerprint density at radius 1 is 1.30 bits per heavy atom. The molecule has 1 N–H and O–H groups in total. The number of amides is 1. The van der Waals surface area contributed by atoms with Crippen molar-refractivity contribution < 1.29 is 4.79 Å². The molecule has 1 saturated heterocycles. The van der Waals surface area contributed by atoms with E-state index < -0.39 is 0 Å². The first-order valence-electron chi connectivity index (χ1n) is 9.12. The third kappa shape index (κ3) is 4.78. The van der Waals surface area contributed by atoms with Crippen LogP contribution in [0.2, 0.25) is 0 Å². The molecule has 0 spiro atoms. The average molecular weight is 382 g/mol. The highest BCUT2D eigenvalue weighted by molar-refractivity contribution is 7.10. The standard InChI is InChI=1S/C19H22N6OS/c26-19(22-18-10-21-23-27-18)17-5-3-15(4-6-17)11-24-8-1-2-16(12-24)13-25-9-7-20-14-25/h3-7,9-10,14,16H,1-2,8,11-13H2,(H,22,26)/t16-/m1/s1. The zero-order chi connectivity index (χ0) is 18.5. The van der Waals surface area contributed by atoms with E-state index in [1.807, 2.05) is 43.0 Å². The van der Waals surface area contributed by atoms with Crippen molar-refractivity contribution in [3.05, 3.63) is 60.3 Å². The fraction of sp³-hybridized carbons (Fsp3) is 0.368. The lowest BCUT2D eigenvalue weighted by atomic mass is 9.97. The molecule has 1 aromatic carbocycles. The molecule has 140 valence electrons. The van der Waals surface area contributed by atoms with Crippen molar-refractivity contribution in [2.24, 2.45) is 5.92 Å². The number of hydrogen-bond donors (Lipinski definition) is 1. The van der Waals surface area contributed by atoms with Gasteiger partial charge in [-0.05, 0) is 43.0 Å². The highest BCUT2D eigenvalue weighted by Gasteiger charge is 2.20. The summed E-state index contributed by atoms with van der Waals surface area (Å²) in [6, 6.07) is 7.84. The first-order valence-corrected chi connectivity index (χ1v) is 9.89. The smallest absolute Gasteiger partial charge is 0.256 e. The van der Waals surface area contributed by atoms with Crippen molar-refractivity contribution in [2.75, 3.05) is 18.4 Å². The van der Waals surface area contributed by atoms with Gasteiger partial charge in [-0.25, -0.2) is 4.98 Å². The van der Waals surface area contributed by atoms with Crippen LogP contribution in [0.4, 0.5) is 5.00 Å². The minimum atomic E-state index is -0.133. The van der Waals surface area contributed by atoms with Crippen LogP contribution in [0.1, 0.15) is 28.8 Å². The number of carbonyl (C=O) groups excluding carboxylic acids is 1. The average Bonchev–Trinajstić information content (AvgIpc) is 3.37. The molecule has 0 bridgehead atoms. The van der Waals surface area contributed by atoms with Crippen LogP contribution in [0.15, 0.2) is 49.2 Å². The van der Waals surface area contributed by atoms with Crippen molar-refractivity contribution in [1.82, 2.24) is 24.0 Å².